The number of hydrogen-bond donors (Lipinski definition) is 2. The number of H-pyrrole nitrogens is 1. The second kappa shape index (κ2) is 5.49. The summed E-state index contributed by atoms with van der Waals surface area (Å²) in [6.45, 7) is 0.229. The molecule has 2 heterocycles. The van der Waals surface area contributed by atoms with Gasteiger partial charge in [0.2, 0.25) is 6.79 Å². The maximum Gasteiger partial charge on any atom is 0.273 e. The Kier molecular flexibility index (Phi) is 3.20. The van der Waals surface area contributed by atoms with Crippen LogP contribution >= 0.6 is 0 Å². The van der Waals surface area contributed by atoms with Gasteiger partial charge in [0, 0.05) is 17.1 Å². The standard InChI is InChI=1S/C17H13N3O3/c21-17(13-9-18-14-4-2-1-3-12(13)14)20-19-8-11-5-6-15-16(7-11)23-10-22-15/h1-9,18H,10H2,(H,20,21). The van der Waals surface area contributed by atoms with E-state index in [-0.39, 0.29) is 12.7 Å². The SMILES string of the molecule is O=C(NN=Cc1ccc2c(c1)OCO2)c1c[nH]c2ccccc12. The van der Waals surface area contributed by atoms with Crippen molar-refractivity contribution in [3.8, 4) is 11.5 Å². The molecule has 0 radical (unpaired) electrons. The lowest BCUT2D eigenvalue weighted by Gasteiger charge is -1.99. The number of rotatable bonds is 3. The van der Waals surface area contributed by atoms with E-state index in [0.29, 0.717) is 17.1 Å². The van der Waals surface area contributed by atoms with Crippen molar-refractivity contribution in [2.75, 3.05) is 6.79 Å². The van der Waals surface area contributed by atoms with E-state index >= 15 is 0 Å². The number of hydrazone groups is 1. The van der Waals surface area contributed by atoms with Gasteiger partial charge in [0.05, 0.1) is 11.8 Å². The molecule has 6 nitrogen and oxygen atoms in total. The van der Waals surface area contributed by atoms with E-state index in [1.54, 1.807) is 12.4 Å². The van der Waals surface area contributed by atoms with Crippen LogP contribution in [0.1, 0.15) is 15.9 Å². The van der Waals surface area contributed by atoms with Gasteiger partial charge in [0.15, 0.2) is 11.5 Å². The summed E-state index contributed by atoms with van der Waals surface area (Å²) in [4.78, 5) is 15.3. The third kappa shape index (κ3) is 2.50. The molecule has 114 valence electrons. The third-order valence-electron chi connectivity index (χ3n) is 3.61. The average molecular weight is 307 g/mol. The number of nitrogens with one attached hydrogen (secondary N) is 2. The van der Waals surface area contributed by atoms with Crippen LogP contribution < -0.4 is 14.9 Å². The highest BCUT2D eigenvalue weighted by Crippen LogP contribution is 2.31. The Balaban J connectivity index is 1.49. The highest BCUT2D eigenvalue weighted by atomic mass is 16.7. The number of fused-ring (bicyclic) bond motifs is 2. The fraction of sp³-hybridized carbons (Fsp3) is 0.0588. The second-order valence-electron chi connectivity index (χ2n) is 5.06. The second-order valence-corrected chi connectivity index (χ2v) is 5.06. The molecular weight excluding hydrogens is 294 g/mol. The Hall–Kier alpha value is -3.28. The molecule has 0 bridgehead atoms. The smallest absolute Gasteiger partial charge is 0.273 e. The minimum absolute atomic E-state index is 0.229. The van der Waals surface area contributed by atoms with Crippen molar-refractivity contribution >= 4 is 23.0 Å². The highest BCUT2D eigenvalue weighted by Gasteiger charge is 2.13. The van der Waals surface area contributed by atoms with Crippen LogP contribution in [0, 0.1) is 0 Å². The van der Waals surface area contributed by atoms with Gasteiger partial charge in [-0.25, -0.2) is 5.43 Å². The van der Waals surface area contributed by atoms with Gasteiger partial charge in [-0.15, -0.1) is 0 Å². The van der Waals surface area contributed by atoms with Crippen molar-refractivity contribution in [3.05, 3.63) is 59.8 Å². The first-order valence-electron chi connectivity index (χ1n) is 7.10. The van der Waals surface area contributed by atoms with Gasteiger partial charge < -0.3 is 14.5 Å². The molecule has 1 aliphatic heterocycles. The van der Waals surface area contributed by atoms with Gasteiger partial charge in [0.1, 0.15) is 0 Å². The lowest BCUT2D eigenvalue weighted by molar-refractivity contribution is 0.0957. The Bertz CT molecular complexity index is 914. The zero-order valence-electron chi connectivity index (χ0n) is 12.1. The van der Waals surface area contributed by atoms with Gasteiger partial charge in [-0.1, -0.05) is 18.2 Å². The predicted molar refractivity (Wildman–Crippen MR) is 85.9 cm³/mol. The van der Waals surface area contributed by atoms with E-state index in [1.807, 2.05) is 42.5 Å². The summed E-state index contributed by atoms with van der Waals surface area (Å²) < 4.78 is 10.5. The van der Waals surface area contributed by atoms with Crippen LogP contribution in [0.25, 0.3) is 10.9 Å². The molecule has 23 heavy (non-hydrogen) atoms. The van der Waals surface area contributed by atoms with E-state index in [2.05, 4.69) is 15.5 Å². The van der Waals surface area contributed by atoms with Crippen molar-refractivity contribution in [1.29, 1.82) is 0 Å². The van der Waals surface area contributed by atoms with Gasteiger partial charge in [-0.3, -0.25) is 4.79 Å². The Morgan fingerprint density at radius 1 is 1.17 bits per heavy atom. The van der Waals surface area contributed by atoms with Crippen LogP contribution in [0.15, 0.2) is 53.8 Å². The summed E-state index contributed by atoms with van der Waals surface area (Å²) in [6, 6.07) is 13.1. The van der Waals surface area contributed by atoms with Crippen LogP contribution in [0.5, 0.6) is 11.5 Å². The maximum atomic E-state index is 12.2. The molecular formula is C17H13N3O3. The van der Waals surface area contributed by atoms with Crippen molar-refractivity contribution in [2.45, 2.75) is 0 Å². The number of nitrogens with zero attached hydrogens (tertiary/aromatic N) is 1. The van der Waals surface area contributed by atoms with E-state index in [0.717, 1.165) is 16.5 Å². The topological polar surface area (TPSA) is 75.7 Å². The Labute approximate surface area is 131 Å². The largest absolute Gasteiger partial charge is 0.454 e. The molecule has 0 spiro atoms. The number of aromatic amines is 1. The van der Waals surface area contributed by atoms with Crippen LogP contribution in [0.3, 0.4) is 0 Å². The van der Waals surface area contributed by atoms with Crippen LogP contribution in [0.4, 0.5) is 0 Å². The average Bonchev–Trinajstić information content (AvgIpc) is 3.21. The zero-order chi connectivity index (χ0) is 15.6. The number of carbonyl (C=O) groups is 1. The highest BCUT2D eigenvalue weighted by molar-refractivity contribution is 6.06. The molecule has 3 aromatic rings. The summed E-state index contributed by atoms with van der Waals surface area (Å²) in [5.41, 5.74) is 4.82. The molecule has 0 fully saturated rings. The molecule has 1 aliphatic rings. The molecule has 0 unspecified atom stereocenters. The summed E-state index contributed by atoms with van der Waals surface area (Å²) in [5, 5.41) is 4.86. The molecule has 2 aromatic carbocycles. The molecule has 4 rings (SSSR count). The Morgan fingerprint density at radius 2 is 2.04 bits per heavy atom. The van der Waals surface area contributed by atoms with Crippen molar-refractivity contribution in [1.82, 2.24) is 10.4 Å². The first-order chi connectivity index (χ1) is 11.3. The Morgan fingerprint density at radius 3 is 3.00 bits per heavy atom. The third-order valence-corrected chi connectivity index (χ3v) is 3.61. The predicted octanol–water partition coefficient (Wildman–Crippen LogP) is 2.66. The minimum atomic E-state index is -0.264. The number of ether oxygens (including phenoxy) is 2. The number of hydrogen-bond acceptors (Lipinski definition) is 4. The lowest BCUT2D eigenvalue weighted by atomic mass is 10.2. The number of carbonyl (C=O) groups excluding carboxylic acids is 1. The number of aromatic nitrogens is 1. The molecule has 2 N–H and O–H groups in total. The van der Waals surface area contributed by atoms with Crippen LogP contribution in [0.2, 0.25) is 0 Å². The molecule has 0 atom stereocenters. The van der Waals surface area contributed by atoms with Gasteiger partial charge >= 0.3 is 0 Å². The maximum absolute atomic E-state index is 12.2. The zero-order valence-corrected chi connectivity index (χ0v) is 12.1. The van der Waals surface area contributed by atoms with Crippen molar-refractivity contribution in [3.63, 3.8) is 0 Å². The fourth-order valence-electron chi connectivity index (χ4n) is 2.48. The molecule has 1 aromatic heterocycles. The fourth-order valence-corrected chi connectivity index (χ4v) is 2.48. The summed E-state index contributed by atoms with van der Waals surface area (Å²) in [6.07, 6.45) is 3.24. The molecule has 1 amide bonds. The summed E-state index contributed by atoms with van der Waals surface area (Å²) in [5.74, 6) is 1.13. The summed E-state index contributed by atoms with van der Waals surface area (Å²) >= 11 is 0. The van der Waals surface area contributed by atoms with E-state index in [1.165, 1.54) is 0 Å². The van der Waals surface area contributed by atoms with E-state index in [4.69, 9.17) is 9.47 Å². The van der Waals surface area contributed by atoms with Crippen LogP contribution in [-0.4, -0.2) is 23.9 Å². The monoisotopic (exact) mass is 307 g/mol. The molecule has 0 saturated heterocycles. The van der Waals surface area contributed by atoms with Gasteiger partial charge in [-0.2, -0.15) is 5.10 Å². The normalized spacial score (nSPS) is 12.9. The number of para-hydroxylation sites is 1. The number of benzene rings is 2. The van der Waals surface area contributed by atoms with Gasteiger partial charge in [0.25, 0.3) is 5.91 Å². The minimum Gasteiger partial charge on any atom is -0.454 e. The van der Waals surface area contributed by atoms with Crippen LogP contribution in [-0.2, 0) is 0 Å². The first kappa shape index (κ1) is 13.4. The molecule has 6 heteroatoms. The van der Waals surface area contributed by atoms with Crippen molar-refractivity contribution in [2.24, 2.45) is 5.10 Å². The molecule has 0 saturated carbocycles. The van der Waals surface area contributed by atoms with Gasteiger partial charge in [-0.05, 0) is 29.8 Å². The van der Waals surface area contributed by atoms with E-state index < -0.39 is 0 Å². The van der Waals surface area contributed by atoms with Crippen molar-refractivity contribution < 1.29 is 14.3 Å². The molecule has 0 aliphatic carbocycles. The number of amides is 1. The van der Waals surface area contributed by atoms with E-state index in [9.17, 15) is 4.79 Å². The summed E-state index contributed by atoms with van der Waals surface area (Å²) in [7, 11) is 0. The first-order valence-corrected chi connectivity index (χ1v) is 7.10. The quantitative estimate of drug-likeness (QED) is 0.577. The lowest BCUT2D eigenvalue weighted by Crippen LogP contribution is -2.17.